The van der Waals surface area contributed by atoms with E-state index in [0.717, 1.165) is 17.7 Å². The van der Waals surface area contributed by atoms with Crippen molar-refractivity contribution in [2.75, 3.05) is 17.7 Å². The van der Waals surface area contributed by atoms with Crippen molar-refractivity contribution < 1.29 is 19.0 Å². The lowest BCUT2D eigenvalue weighted by Crippen LogP contribution is -2.04. The van der Waals surface area contributed by atoms with Gasteiger partial charge in [0.05, 0.1) is 22.6 Å². The van der Waals surface area contributed by atoms with Crippen molar-refractivity contribution in [3.8, 4) is 0 Å². The van der Waals surface area contributed by atoms with Crippen molar-refractivity contribution in [2.45, 2.75) is 11.8 Å². The Morgan fingerprint density at radius 2 is 2.10 bits per heavy atom. The predicted octanol–water partition coefficient (Wildman–Crippen LogP) is 2.53. The van der Waals surface area contributed by atoms with Gasteiger partial charge in [0.15, 0.2) is 0 Å². The van der Waals surface area contributed by atoms with Crippen molar-refractivity contribution in [1.82, 2.24) is 15.0 Å². The number of rotatable bonds is 6. The molecule has 0 fully saturated rings. The minimum Gasteiger partial charge on any atom is -0.388 e. The van der Waals surface area contributed by atoms with Gasteiger partial charge in [-0.25, -0.2) is 5.26 Å². The number of nitrogens with zero attached hydrogens (tertiary/aromatic N) is 3. The first-order valence-electron chi connectivity index (χ1n) is 5.74. The number of aromatic nitrogens is 3. The maximum absolute atomic E-state index is 13.2. The summed E-state index contributed by atoms with van der Waals surface area (Å²) < 4.78 is 17.6. The molecule has 1 heterocycles. The summed E-state index contributed by atoms with van der Waals surface area (Å²) >= 11 is 0.766. The third-order valence-electron chi connectivity index (χ3n) is 2.39. The van der Waals surface area contributed by atoms with Crippen LogP contribution in [-0.2, 0) is 9.37 Å². The van der Waals surface area contributed by atoms with Crippen molar-refractivity contribution >= 4 is 29.4 Å². The molecule has 0 saturated carbocycles. The normalized spacial score (nSPS) is 10.5. The molecule has 2 rings (SSSR count). The molecular weight excluding hydrogens is 301 g/mol. The van der Waals surface area contributed by atoms with Crippen LogP contribution < -0.4 is 10.6 Å². The van der Waals surface area contributed by atoms with E-state index in [4.69, 9.17) is 5.26 Å². The first-order chi connectivity index (χ1) is 10.1. The first-order valence-corrected chi connectivity index (χ1v) is 6.48. The molecule has 0 aliphatic rings. The van der Waals surface area contributed by atoms with Crippen LogP contribution in [0.5, 0.6) is 0 Å². The quantitative estimate of drug-likeness (QED) is 0.422. The van der Waals surface area contributed by atoms with Crippen molar-refractivity contribution in [3.63, 3.8) is 0 Å². The predicted molar refractivity (Wildman–Crippen MR) is 74.4 cm³/mol. The third kappa shape index (κ3) is 4.23. The maximum atomic E-state index is 13.2. The van der Waals surface area contributed by atoms with Gasteiger partial charge in [0.25, 0.3) is 0 Å². The molecule has 112 valence electrons. The summed E-state index contributed by atoms with van der Waals surface area (Å²) in [6, 6.07) is 5.23. The lowest BCUT2D eigenvalue weighted by atomic mass is 10.3. The Kier molecular flexibility index (Phi) is 5.22. The van der Waals surface area contributed by atoms with Gasteiger partial charge in [-0.1, -0.05) is 5.04 Å². The van der Waals surface area contributed by atoms with E-state index in [0.29, 0.717) is 10.6 Å². The molecule has 1 aromatic heterocycles. The molecule has 0 atom stereocenters. The van der Waals surface area contributed by atoms with Gasteiger partial charge in [0.1, 0.15) is 5.82 Å². The Balaban J connectivity index is 2.31. The molecule has 0 amide bonds. The number of halogens is 1. The van der Waals surface area contributed by atoms with Crippen LogP contribution in [0.3, 0.4) is 0 Å². The molecule has 3 N–H and O–H groups in total. The minimum absolute atomic E-state index is 0.0556. The fraction of sp³-hybridized carbons (Fsp3) is 0.182. The van der Waals surface area contributed by atoms with Gasteiger partial charge in [-0.2, -0.15) is 19.3 Å². The van der Waals surface area contributed by atoms with E-state index in [2.05, 4.69) is 35.0 Å². The minimum atomic E-state index is -0.876. The molecular formula is C11H12FN5O3S. The molecule has 8 nitrogen and oxygen atoms in total. The third-order valence-corrected chi connectivity index (χ3v) is 3.05. The molecule has 0 saturated heterocycles. The average Bonchev–Trinajstić information content (AvgIpc) is 2.44. The summed E-state index contributed by atoms with van der Waals surface area (Å²) in [5, 5.41) is 17.6. The fourth-order valence-corrected chi connectivity index (χ4v) is 1.96. The Hall–Kier alpha value is -2.01. The number of hydrogen-bond acceptors (Lipinski definition) is 9. The van der Waals surface area contributed by atoms with Gasteiger partial charge in [-0.15, -0.1) is 4.33 Å². The van der Waals surface area contributed by atoms with Crippen molar-refractivity contribution in [1.29, 1.82) is 0 Å². The van der Waals surface area contributed by atoms with Gasteiger partial charge in [-0.3, -0.25) is 0 Å². The second-order valence-corrected chi connectivity index (χ2v) is 4.53. The van der Waals surface area contributed by atoms with Crippen LogP contribution in [0.1, 0.15) is 5.82 Å². The monoisotopic (exact) mass is 313 g/mol. The summed E-state index contributed by atoms with van der Waals surface area (Å²) in [5.74, 6) is 0.305. The lowest BCUT2D eigenvalue weighted by molar-refractivity contribution is -0.432. The summed E-state index contributed by atoms with van der Waals surface area (Å²) in [5.41, 5.74) is 1.34. The van der Waals surface area contributed by atoms with Crippen LogP contribution in [0.15, 0.2) is 23.1 Å². The van der Waals surface area contributed by atoms with Crippen molar-refractivity contribution in [2.24, 2.45) is 0 Å². The van der Waals surface area contributed by atoms with Crippen LogP contribution in [0.2, 0.25) is 0 Å². The number of anilines is 3. The largest absolute Gasteiger partial charge is 0.388 e. The zero-order chi connectivity index (χ0) is 15.2. The standard InChI is InChI=1S/C11H12FN5O3S/c1-6-14-10(12)17-11(15-6)16-8-5-7(13-2)3-4-9(8)21-20-19-18/h3-5,13,18H,1-2H3,(H,14,15,16,17). The van der Waals surface area contributed by atoms with E-state index in [1.165, 1.54) is 0 Å². The van der Waals surface area contributed by atoms with E-state index >= 15 is 0 Å². The highest BCUT2D eigenvalue weighted by Crippen LogP contribution is 2.32. The van der Waals surface area contributed by atoms with Gasteiger partial charge in [-0.05, 0) is 25.1 Å². The Labute approximate surface area is 123 Å². The molecule has 2 aromatic rings. The van der Waals surface area contributed by atoms with E-state index in [-0.39, 0.29) is 11.8 Å². The van der Waals surface area contributed by atoms with E-state index < -0.39 is 6.08 Å². The lowest BCUT2D eigenvalue weighted by Gasteiger charge is -2.11. The SMILES string of the molecule is CNc1ccc(SOOO)c(Nc2nc(C)nc(F)n2)c1. The van der Waals surface area contributed by atoms with Crippen LogP contribution in [0.4, 0.5) is 21.7 Å². The zero-order valence-electron chi connectivity index (χ0n) is 11.1. The topological polar surface area (TPSA) is 101 Å². The first kappa shape index (κ1) is 15.4. The van der Waals surface area contributed by atoms with E-state index in [1.807, 2.05) is 0 Å². The van der Waals surface area contributed by atoms with Crippen LogP contribution in [-0.4, -0.2) is 27.3 Å². The summed E-state index contributed by atoms with van der Waals surface area (Å²) in [6.45, 7) is 1.55. The van der Waals surface area contributed by atoms with Gasteiger partial charge >= 0.3 is 6.08 Å². The maximum Gasteiger partial charge on any atom is 0.313 e. The summed E-state index contributed by atoms with van der Waals surface area (Å²) in [7, 11) is 1.76. The van der Waals surface area contributed by atoms with E-state index in [1.54, 1.807) is 32.2 Å². The Morgan fingerprint density at radius 1 is 1.29 bits per heavy atom. The summed E-state index contributed by atoms with van der Waals surface area (Å²) in [4.78, 5) is 11.6. The molecule has 0 bridgehead atoms. The molecule has 1 aromatic carbocycles. The Morgan fingerprint density at radius 3 is 2.76 bits per heavy atom. The second kappa shape index (κ2) is 7.13. The van der Waals surface area contributed by atoms with Gasteiger partial charge < -0.3 is 10.6 Å². The molecule has 0 aliphatic heterocycles. The smallest absolute Gasteiger partial charge is 0.313 e. The van der Waals surface area contributed by atoms with Crippen molar-refractivity contribution in [3.05, 3.63) is 30.1 Å². The fourth-order valence-electron chi connectivity index (χ4n) is 1.53. The van der Waals surface area contributed by atoms with E-state index in [9.17, 15) is 4.39 Å². The Bertz CT molecular complexity index is 611. The van der Waals surface area contributed by atoms with Crippen LogP contribution in [0.25, 0.3) is 0 Å². The zero-order valence-corrected chi connectivity index (χ0v) is 11.9. The number of nitrogens with one attached hydrogen (secondary N) is 2. The number of aryl methyl sites for hydroxylation is 1. The number of hydrogen-bond donors (Lipinski definition) is 3. The molecule has 0 unspecified atom stereocenters. The molecule has 21 heavy (non-hydrogen) atoms. The number of benzene rings is 1. The highest BCUT2D eigenvalue weighted by Gasteiger charge is 2.10. The van der Waals surface area contributed by atoms with Crippen LogP contribution in [0, 0.1) is 13.0 Å². The van der Waals surface area contributed by atoms with Gasteiger partial charge in [0.2, 0.25) is 5.95 Å². The highest BCUT2D eigenvalue weighted by molar-refractivity contribution is 7.94. The second-order valence-electron chi connectivity index (χ2n) is 3.79. The molecule has 0 radical (unpaired) electrons. The average molecular weight is 313 g/mol. The molecule has 0 aliphatic carbocycles. The van der Waals surface area contributed by atoms with Crippen LogP contribution >= 0.6 is 12.0 Å². The molecule has 0 spiro atoms. The molecule has 10 heteroatoms. The summed E-state index contributed by atoms with van der Waals surface area (Å²) in [6.07, 6.45) is -0.876. The van der Waals surface area contributed by atoms with Gasteiger partial charge in [0, 0.05) is 12.7 Å². The highest BCUT2D eigenvalue weighted by atomic mass is 32.2.